The zero-order valence-electron chi connectivity index (χ0n) is 12.6. The number of carbonyl (C=O) groups is 1. The van der Waals surface area contributed by atoms with Crippen molar-refractivity contribution in [2.24, 2.45) is 0 Å². The number of pyridine rings is 1. The van der Waals surface area contributed by atoms with Crippen LogP contribution in [-0.2, 0) is 4.79 Å². The van der Waals surface area contributed by atoms with Crippen molar-refractivity contribution in [1.29, 1.82) is 0 Å². The zero-order chi connectivity index (χ0) is 15.5. The molecule has 3 heterocycles. The van der Waals surface area contributed by atoms with Gasteiger partial charge in [0.1, 0.15) is 5.82 Å². The molecule has 0 atom stereocenters. The quantitative estimate of drug-likeness (QED) is 0.914. The molecule has 1 aliphatic heterocycles. The van der Waals surface area contributed by atoms with E-state index in [9.17, 15) is 4.79 Å². The number of amides is 1. The number of nitrogen functional groups attached to an aromatic ring is 1. The molecule has 114 valence electrons. The molecule has 0 aliphatic carbocycles. The molecule has 1 aliphatic rings. The highest BCUT2D eigenvalue weighted by molar-refractivity contribution is 5.73. The number of rotatable bonds is 2. The van der Waals surface area contributed by atoms with Crippen LogP contribution in [0.3, 0.4) is 0 Å². The van der Waals surface area contributed by atoms with Gasteiger partial charge < -0.3 is 10.6 Å². The highest BCUT2D eigenvalue weighted by Crippen LogP contribution is 2.32. The molecule has 0 spiro atoms. The summed E-state index contributed by atoms with van der Waals surface area (Å²) in [5, 5.41) is 0. The van der Waals surface area contributed by atoms with Crippen molar-refractivity contribution in [1.82, 2.24) is 19.9 Å². The van der Waals surface area contributed by atoms with Gasteiger partial charge in [-0.05, 0) is 25.0 Å². The minimum absolute atomic E-state index is 0.139. The third-order valence-electron chi connectivity index (χ3n) is 4.11. The lowest BCUT2D eigenvalue weighted by molar-refractivity contribution is -0.129. The van der Waals surface area contributed by atoms with Crippen molar-refractivity contribution in [3.8, 4) is 11.3 Å². The highest BCUT2D eigenvalue weighted by atomic mass is 16.2. The topological polar surface area (TPSA) is 85.0 Å². The first kappa shape index (κ1) is 14.4. The maximum absolute atomic E-state index is 11.4. The number of piperidine rings is 1. The number of hydrogen-bond acceptors (Lipinski definition) is 5. The standard InChI is InChI=1S/C16H19N5O/c1-11(22)21-8-4-12(5-9-21)15-16(19-7-6-18-15)13-2-3-14(17)20-10-13/h2-3,6-7,10,12H,4-5,8-9H2,1H3,(H2,17,20). The molecule has 0 bridgehead atoms. The van der Waals surface area contributed by atoms with Crippen LogP contribution in [0.1, 0.15) is 31.4 Å². The zero-order valence-corrected chi connectivity index (χ0v) is 12.6. The minimum Gasteiger partial charge on any atom is -0.384 e. The van der Waals surface area contributed by atoms with Gasteiger partial charge >= 0.3 is 0 Å². The van der Waals surface area contributed by atoms with Gasteiger partial charge in [0.25, 0.3) is 0 Å². The minimum atomic E-state index is 0.139. The number of hydrogen-bond donors (Lipinski definition) is 1. The number of aromatic nitrogens is 3. The molecule has 2 aromatic heterocycles. The number of anilines is 1. The Morgan fingerprint density at radius 2 is 1.91 bits per heavy atom. The molecule has 6 heteroatoms. The van der Waals surface area contributed by atoms with Crippen LogP contribution < -0.4 is 5.73 Å². The summed E-state index contributed by atoms with van der Waals surface area (Å²) in [7, 11) is 0. The molecule has 3 rings (SSSR count). The van der Waals surface area contributed by atoms with Crippen LogP contribution in [0.5, 0.6) is 0 Å². The third kappa shape index (κ3) is 2.90. The second kappa shape index (κ2) is 6.09. The van der Waals surface area contributed by atoms with Crippen molar-refractivity contribution in [2.45, 2.75) is 25.7 Å². The maximum Gasteiger partial charge on any atom is 0.219 e. The molecule has 2 aromatic rings. The fourth-order valence-electron chi connectivity index (χ4n) is 2.88. The van der Waals surface area contributed by atoms with Gasteiger partial charge in [-0.2, -0.15) is 0 Å². The van der Waals surface area contributed by atoms with Gasteiger partial charge in [0, 0.05) is 50.1 Å². The molecule has 0 radical (unpaired) electrons. The predicted molar refractivity (Wildman–Crippen MR) is 83.9 cm³/mol. The van der Waals surface area contributed by atoms with E-state index >= 15 is 0 Å². The van der Waals surface area contributed by atoms with E-state index in [0.717, 1.165) is 42.9 Å². The van der Waals surface area contributed by atoms with Gasteiger partial charge in [-0.3, -0.25) is 14.8 Å². The first-order valence-corrected chi connectivity index (χ1v) is 7.43. The smallest absolute Gasteiger partial charge is 0.219 e. The summed E-state index contributed by atoms with van der Waals surface area (Å²) in [6.07, 6.45) is 6.97. The monoisotopic (exact) mass is 297 g/mol. The van der Waals surface area contributed by atoms with Gasteiger partial charge in [-0.15, -0.1) is 0 Å². The van der Waals surface area contributed by atoms with E-state index in [1.54, 1.807) is 31.6 Å². The van der Waals surface area contributed by atoms with Gasteiger partial charge in [0.15, 0.2) is 0 Å². The van der Waals surface area contributed by atoms with Crippen molar-refractivity contribution >= 4 is 11.7 Å². The van der Waals surface area contributed by atoms with Crippen LogP contribution in [0.15, 0.2) is 30.7 Å². The van der Waals surface area contributed by atoms with E-state index in [1.807, 2.05) is 11.0 Å². The van der Waals surface area contributed by atoms with Crippen molar-refractivity contribution < 1.29 is 4.79 Å². The maximum atomic E-state index is 11.4. The van der Waals surface area contributed by atoms with Gasteiger partial charge in [-0.1, -0.05) is 0 Å². The Labute approximate surface area is 129 Å². The number of nitrogens with two attached hydrogens (primary N) is 1. The average molecular weight is 297 g/mol. The predicted octanol–water partition coefficient (Wildman–Crippen LogP) is 1.85. The normalized spacial score (nSPS) is 15.8. The molecular formula is C16H19N5O. The SMILES string of the molecule is CC(=O)N1CCC(c2nccnc2-c2ccc(N)nc2)CC1. The van der Waals surface area contributed by atoms with E-state index in [-0.39, 0.29) is 5.91 Å². The lowest BCUT2D eigenvalue weighted by Gasteiger charge is -2.31. The lowest BCUT2D eigenvalue weighted by Crippen LogP contribution is -2.36. The number of nitrogens with zero attached hydrogens (tertiary/aromatic N) is 4. The molecular weight excluding hydrogens is 278 g/mol. The molecule has 6 nitrogen and oxygen atoms in total. The second-order valence-corrected chi connectivity index (χ2v) is 5.54. The van der Waals surface area contributed by atoms with Crippen molar-refractivity contribution in [3.63, 3.8) is 0 Å². The van der Waals surface area contributed by atoms with Crippen LogP contribution in [0, 0.1) is 0 Å². The van der Waals surface area contributed by atoms with Crippen LogP contribution in [0.25, 0.3) is 11.3 Å². The van der Waals surface area contributed by atoms with Crippen molar-refractivity contribution in [2.75, 3.05) is 18.8 Å². The Morgan fingerprint density at radius 1 is 1.18 bits per heavy atom. The molecule has 1 amide bonds. The Hall–Kier alpha value is -2.50. The molecule has 0 saturated carbocycles. The van der Waals surface area contributed by atoms with Gasteiger partial charge in [0.2, 0.25) is 5.91 Å². The summed E-state index contributed by atoms with van der Waals surface area (Å²) in [4.78, 5) is 26.5. The van der Waals surface area contributed by atoms with E-state index in [1.165, 1.54) is 0 Å². The second-order valence-electron chi connectivity index (χ2n) is 5.54. The van der Waals surface area contributed by atoms with Crippen molar-refractivity contribution in [3.05, 3.63) is 36.4 Å². The molecule has 0 aromatic carbocycles. The Bertz CT molecular complexity index is 662. The Balaban J connectivity index is 1.86. The van der Waals surface area contributed by atoms with Crippen LogP contribution in [-0.4, -0.2) is 38.8 Å². The van der Waals surface area contributed by atoms with Crippen LogP contribution in [0.2, 0.25) is 0 Å². The summed E-state index contributed by atoms with van der Waals surface area (Å²) >= 11 is 0. The Morgan fingerprint density at radius 3 is 2.55 bits per heavy atom. The van der Waals surface area contributed by atoms with Gasteiger partial charge in [-0.25, -0.2) is 4.98 Å². The van der Waals surface area contributed by atoms with Crippen LogP contribution >= 0.6 is 0 Å². The summed E-state index contributed by atoms with van der Waals surface area (Å²) < 4.78 is 0. The van der Waals surface area contributed by atoms with E-state index in [4.69, 9.17) is 5.73 Å². The molecule has 1 fully saturated rings. The lowest BCUT2D eigenvalue weighted by atomic mass is 9.90. The summed E-state index contributed by atoms with van der Waals surface area (Å²) in [5.41, 5.74) is 8.41. The first-order valence-electron chi connectivity index (χ1n) is 7.43. The number of likely N-dealkylation sites (tertiary alicyclic amines) is 1. The summed E-state index contributed by atoms with van der Waals surface area (Å²) in [6, 6.07) is 3.69. The van der Waals surface area contributed by atoms with E-state index in [0.29, 0.717) is 11.7 Å². The summed E-state index contributed by atoms with van der Waals surface area (Å²) in [5.74, 6) is 0.946. The molecule has 0 unspecified atom stereocenters. The van der Waals surface area contributed by atoms with E-state index in [2.05, 4.69) is 15.0 Å². The molecule has 1 saturated heterocycles. The van der Waals surface area contributed by atoms with Crippen LogP contribution in [0.4, 0.5) is 5.82 Å². The average Bonchev–Trinajstić information content (AvgIpc) is 2.56. The summed E-state index contributed by atoms with van der Waals surface area (Å²) in [6.45, 7) is 3.17. The Kier molecular flexibility index (Phi) is 4.00. The first-order chi connectivity index (χ1) is 10.6. The third-order valence-corrected chi connectivity index (χ3v) is 4.11. The fourth-order valence-corrected chi connectivity index (χ4v) is 2.88. The number of carbonyl (C=O) groups excluding carboxylic acids is 1. The van der Waals surface area contributed by atoms with Gasteiger partial charge in [0.05, 0.1) is 11.4 Å². The largest absolute Gasteiger partial charge is 0.384 e. The van der Waals surface area contributed by atoms with E-state index < -0.39 is 0 Å². The molecule has 2 N–H and O–H groups in total. The fraction of sp³-hybridized carbons (Fsp3) is 0.375. The molecule has 22 heavy (non-hydrogen) atoms. The highest BCUT2D eigenvalue weighted by Gasteiger charge is 2.25.